The van der Waals surface area contributed by atoms with Crippen LogP contribution in [0.3, 0.4) is 0 Å². The lowest BCUT2D eigenvalue weighted by molar-refractivity contribution is -0.0622. The van der Waals surface area contributed by atoms with Crippen molar-refractivity contribution in [1.82, 2.24) is 19.7 Å². The fourth-order valence-corrected chi connectivity index (χ4v) is 4.05. The molecule has 6 heteroatoms. The van der Waals surface area contributed by atoms with Gasteiger partial charge in [0.2, 0.25) is 0 Å². The van der Waals surface area contributed by atoms with Gasteiger partial charge < -0.3 is 9.47 Å². The molecule has 0 bridgehead atoms. The van der Waals surface area contributed by atoms with Crippen molar-refractivity contribution in [3.05, 3.63) is 12.2 Å². The standard InChI is InChI=1S/C17H30N4O2/c1-17(2,3)21-16(18-12-19-21)10-20-8-9-23-11-14(20)13-6-5-7-15(13)22-4/h12-15H,5-11H2,1-4H3/t13-,14-,15-/m1/s1. The Labute approximate surface area is 139 Å². The SMILES string of the molecule is CO[C@@H]1CCC[C@@H]1[C@H]1COCCN1Cc1ncnn1C(C)(C)C. The average molecular weight is 322 g/mol. The Balaban J connectivity index is 1.76. The maximum Gasteiger partial charge on any atom is 0.141 e. The van der Waals surface area contributed by atoms with E-state index in [1.54, 1.807) is 6.33 Å². The van der Waals surface area contributed by atoms with Gasteiger partial charge in [-0.25, -0.2) is 9.67 Å². The van der Waals surface area contributed by atoms with Crippen LogP contribution in [0.25, 0.3) is 0 Å². The molecule has 1 saturated heterocycles. The molecule has 1 aliphatic heterocycles. The highest BCUT2D eigenvalue weighted by Crippen LogP contribution is 2.34. The first-order valence-electron chi connectivity index (χ1n) is 8.74. The van der Waals surface area contributed by atoms with Crippen LogP contribution in [0, 0.1) is 5.92 Å². The first-order valence-corrected chi connectivity index (χ1v) is 8.74. The summed E-state index contributed by atoms with van der Waals surface area (Å²) in [6.07, 6.45) is 5.69. The average Bonchev–Trinajstić information content (AvgIpc) is 3.15. The van der Waals surface area contributed by atoms with Crippen LogP contribution in [-0.2, 0) is 21.6 Å². The summed E-state index contributed by atoms with van der Waals surface area (Å²) in [6, 6.07) is 0.418. The van der Waals surface area contributed by atoms with Crippen LogP contribution in [0.2, 0.25) is 0 Å². The first-order chi connectivity index (χ1) is 11.0. The van der Waals surface area contributed by atoms with Gasteiger partial charge in [0, 0.05) is 25.6 Å². The molecule has 0 N–H and O–H groups in total. The zero-order valence-electron chi connectivity index (χ0n) is 14.9. The molecular weight excluding hydrogens is 292 g/mol. The van der Waals surface area contributed by atoms with E-state index in [1.165, 1.54) is 19.3 Å². The van der Waals surface area contributed by atoms with Gasteiger partial charge in [-0.1, -0.05) is 6.42 Å². The summed E-state index contributed by atoms with van der Waals surface area (Å²) in [4.78, 5) is 7.04. The van der Waals surface area contributed by atoms with Gasteiger partial charge in [-0.05, 0) is 33.6 Å². The van der Waals surface area contributed by atoms with E-state index in [9.17, 15) is 0 Å². The molecule has 130 valence electrons. The number of ether oxygens (including phenoxy) is 2. The molecule has 0 spiro atoms. The Morgan fingerprint density at radius 2 is 2.17 bits per heavy atom. The number of aromatic nitrogens is 3. The summed E-state index contributed by atoms with van der Waals surface area (Å²) >= 11 is 0. The largest absolute Gasteiger partial charge is 0.381 e. The lowest BCUT2D eigenvalue weighted by atomic mass is 9.94. The van der Waals surface area contributed by atoms with E-state index in [1.807, 2.05) is 11.8 Å². The van der Waals surface area contributed by atoms with Crippen molar-refractivity contribution in [2.75, 3.05) is 26.9 Å². The third-order valence-electron chi connectivity index (χ3n) is 5.18. The smallest absolute Gasteiger partial charge is 0.141 e. The Bertz CT molecular complexity index is 511. The molecule has 3 atom stereocenters. The second-order valence-corrected chi connectivity index (χ2v) is 7.74. The van der Waals surface area contributed by atoms with Gasteiger partial charge in [0.1, 0.15) is 12.2 Å². The van der Waals surface area contributed by atoms with Gasteiger partial charge in [0.15, 0.2) is 0 Å². The number of nitrogens with zero attached hydrogens (tertiary/aromatic N) is 4. The van der Waals surface area contributed by atoms with Crippen LogP contribution in [0.1, 0.15) is 45.9 Å². The van der Waals surface area contributed by atoms with Crippen molar-refractivity contribution in [3.8, 4) is 0 Å². The quantitative estimate of drug-likeness (QED) is 0.849. The molecule has 0 amide bonds. The minimum absolute atomic E-state index is 0.0456. The number of rotatable bonds is 4. The third kappa shape index (κ3) is 3.59. The lowest BCUT2D eigenvalue weighted by Crippen LogP contribution is -2.51. The molecule has 1 aromatic heterocycles. The molecule has 2 fully saturated rings. The summed E-state index contributed by atoms with van der Waals surface area (Å²) in [6.45, 7) is 9.88. The van der Waals surface area contributed by atoms with Crippen LogP contribution < -0.4 is 0 Å². The Hall–Kier alpha value is -0.980. The highest BCUT2D eigenvalue weighted by molar-refractivity contribution is 4.95. The molecule has 1 aromatic rings. The molecule has 0 radical (unpaired) electrons. The van der Waals surface area contributed by atoms with Crippen LogP contribution in [0.4, 0.5) is 0 Å². The maximum absolute atomic E-state index is 5.79. The summed E-state index contributed by atoms with van der Waals surface area (Å²) < 4.78 is 13.6. The lowest BCUT2D eigenvalue weighted by Gasteiger charge is -2.40. The van der Waals surface area contributed by atoms with E-state index >= 15 is 0 Å². The Morgan fingerprint density at radius 3 is 2.91 bits per heavy atom. The molecular formula is C17H30N4O2. The molecule has 2 aliphatic rings. The van der Waals surface area contributed by atoms with Crippen LogP contribution in [0.5, 0.6) is 0 Å². The highest BCUT2D eigenvalue weighted by Gasteiger charge is 2.39. The number of morpholine rings is 1. The number of hydrogen-bond acceptors (Lipinski definition) is 5. The van der Waals surface area contributed by atoms with Crippen molar-refractivity contribution in [3.63, 3.8) is 0 Å². The number of methoxy groups -OCH3 is 1. The third-order valence-corrected chi connectivity index (χ3v) is 5.18. The van der Waals surface area contributed by atoms with Crippen molar-refractivity contribution in [1.29, 1.82) is 0 Å². The van der Waals surface area contributed by atoms with Gasteiger partial charge in [0.05, 0.1) is 31.4 Å². The molecule has 1 saturated carbocycles. The summed E-state index contributed by atoms with van der Waals surface area (Å²) in [5.74, 6) is 1.60. The van der Waals surface area contributed by atoms with Gasteiger partial charge >= 0.3 is 0 Å². The summed E-state index contributed by atoms with van der Waals surface area (Å²) in [5, 5.41) is 4.43. The molecule has 2 heterocycles. The van der Waals surface area contributed by atoms with E-state index < -0.39 is 0 Å². The molecule has 3 rings (SSSR count). The van der Waals surface area contributed by atoms with E-state index in [0.717, 1.165) is 32.1 Å². The summed E-state index contributed by atoms with van der Waals surface area (Å²) in [5.41, 5.74) is -0.0456. The fourth-order valence-electron chi connectivity index (χ4n) is 4.05. The van der Waals surface area contributed by atoms with Crippen LogP contribution in [-0.4, -0.2) is 58.7 Å². The molecule has 23 heavy (non-hydrogen) atoms. The minimum atomic E-state index is -0.0456. The Kier molecular flexibility index (Phi) is 5.04. The van der Waals surface area contributed by atoms with E-state index in [0.29, 0.717) is 18.1 Å². The normalized spacial score (nSPS) is 30.0. The Morgan fingerprint density at radius 1 is 1.35 bits per heavy atom. The topological polar surface area (TPSA) is 52.4 Å². The van der Waals surface area contributed by atoms with Gasteiger partial charge in [-0.15, -0.1) is 0 Å². The molecule has 6 nitrogen and oxygen atoms in total. The van der Waals surface area contributed by atoms with Crippen molar-refractivity contribution in [2.24, 2.45) is 5.92 Å². The predicted molar refractivity (Wildman–Crippen MR) is 88.2 cm³/mol. The van der Waals surface area contributed by atoms with Crippen LogP contribution >= 0.6 is 0 Å². The molecule has 0 aromatic carbocycles. The zero-order chi connectivity index (χ0) is 16.4. The number of hydrogen-bond donors (Lipinski definition) is 0. The molecule has 0 unspecified atom stereocenters. The monoisotopic (exact) mass is 322 g/mol. The van der Waals surface area contributed by atoms with Gasteiger partial charge in [-0.2, -0.15) is 5.10 Å². The fraction of sp³-hybridized carbons (Fsp3) is 0.882. The van der Waals surface area contributed by atoms with E-state index in [2.05, 4.69) is 35.8 Å². The zero-order valence-corrected chi connectivity index (χ0v) is 14.9. The van der Waals surface area contributed by atoms with Gasteiger partial charge in [0.25, 0.3) is 0 Å². The van der Waals surface area contributed by atoms with Crippen molar-refractivity contribution in [2.45, 2.75) is 64.3 Å². The van der Waals surface area contributed by atoms with Crippen molar-refractivity contribution >= 4 is 0 Å². The van der Waals surface area contributed by atoms with Gasteiger partial charge in [-0.3, -0.25) is 4.90 Å². The second kappa shape index (κ2) is 6.87. The summed E-state index contributed by atoms with van der Waals surface area (Å²) in [7, 11) is 1.84. The van der Waals surface area contributed by atoms with E-state index in [4.69, 9.17) is 9.47 Å². The maximum atomic E-state index is 5.79. The van der Waals surface area contributed by atoms with E-state index in [-0.39, 0.29) is 5.54 Å². The van der Waals surface area contributed by atoms with Crippen LogP contribution in [0.15, 0.2) is 6.33 Å². The highest BCUT2D eigenvalue weighted by atomic mass is 16.5. The predicted octanol–water partition coefficient (Wildman–Crippen LogP) is 2.05. The minimum Gasteiger partial charge on any atom is -0.381 e. The second-order valence-electron chi connectivity index (χ2n) is 7.74. The molecule has 1 aliphatic carbocycles. The van der Waals surface area contributed by atoms with Crippen molar-refractivity contribution < 1.29 is 9.47 Å². The first kappa shape index (κ1) is 16.9.